The molecule has 0 saturated carbocycles. The fourth-order valence-corrected chi connectivity index (χ4v) is 2.49. The molecule has 0 bridgehead atoms. The van der Waals surface area contributed by atoms with Crippen molar-refractivity contribution in [2.75, 3.05) is 5.75 Å². The minimum atomic E-state index is 0.174. The number of nitrogens with one attached hydrogen (secondary N) is 1. The van der Waals surface area contributed by atoms with Gasteiger partial charge in [0.2, 0.25) is 0 Å². The number of thioether (sulfide) groups is 1. The third-order valence-electron chi connectivity index (χ3n) is 2.54. The highest BCUT2D eigenvalue weighted by Gasteiger charge is 2.08. The summed E-state index contributed by atoms with van der Waals surface area (Å²) in [6.45, 7) is 11.3. The van der Waals surface area contributed by atoms with E-state index < -0.39 is 0 Å². The number of hydrogen-bond donors (Lipinski definition) is 1. The van der Waals surface area contributed by atoms with E-state index in [4.69, 9.17) is 0 Å². The zero-order valence-corrected chi connectivity index (χ0v) is 12.6. The molecule has 1 aromatic carbocycles. The lowest BCUT2D eigenvalue weighted by molar-refractivity contribution is 0.424. The van der Waals surface area contributed by atoms with Crippen LogP contribution in [0.25, 0.3) is 0 Å². The Balaban J connectivity index is 2.43. The summed E-state index contributed by atoms with van der Waals surface area (Å²) >= 11 is 1.93. The maximum atomic E-state index is 3.75. The van der Waals surface area contributed by atoms with Crippen molar-refractivity contribution in [3.05, 3.63) is 42.5 Å². The summed E-state index contributed by atoms with van der Waals surface area (Å²) in [4.78, 5) is 1.37. The molecule has 1 aromatic rings. The Morgan fingerprint density at radius 3 is 2.78 bits per heavy atom. The summed E-state index contributed by atoms with van der Waals surface area (Å²) in [6, 6.07) is 8.82. The summed E-state index contributed by atoms with van der Waals surface area (Å²) in [5, 5.41) is 3.52. The number of rotatable bonds is 7. The molecule has 0 aromatic heterocycles. The third kappa shape index (κ3) is 6.87. The molecule has 0 radical (unpaired) electrons. The maximum Gasteiger partial charge on any atom is 0.0210 e. The van der Waals surface area contributed by atoms with E-state index in [0.29, 0.717) is 0 Å². The predicted octanol–water partition coefficient (Wildman–Crippen LogP) is 4.63. The van der Waals surface area contributed by atoms with Crippen LogP contribution < -0.4 is 5.32 Å². The van der Waals surface area contributed by atoms with Crippen LogP contribution in [0.1, 0.15) is 39.2 Å². The minimum Gasteiger partial charge on any atom is -0.308 e. The lowest BCUT2D eigenvalue weighted by Gasteiger charge is -2.20. The molecule has 1 N–H and O–H groups in total. The number of unbranched alkanes of at least 4 members (excludes halogenated alkanes) is 1. The average molecular weight is 263 g/mol. The molecule has 0 fully saturated rings. The Morgan fingerprint density at radius 2 is 2.11 bits per heavy atom. The quantitative estimate of drug-likeness (QED) is 0.437. The third-order valence-corrected chi connectivity index (χ3v) is 3.62. The first-order valence-corrected chi connectivity index (χ1v) is 7.57. The molecule has 0 aliphatic carbocycles. The largest absolute Gasteiger partial charge is 0.308 e. The van der Waals surface area contributed by atoms with E-state index in [0.717, 1.165) is 13.0 Å². The SMILES string of the molecule is C=CCCCSc1cccc(CNC(C)(C)C)c1. The molecule has 1 rings (SSSR count). The highest BCUT2D eigenvalue weighted by molar-refractivity contribution is 7.99. The summed E-state index contributed by atoms with van der Waals surface area (Å²) in [7, 11) is 0. The van der Waals surface area contributed by atoms with Gasteiger partial charge in [-0.05, 0) is 57.1 Å². The van der Waals surface area contributed by atoms with Crippen molar-refractivity contribution in [1.29, 1.82) is 0 Å². The van der Waals surface area contributed by atoms with E-state index in [1.54, 1.807) is 0 Å². The van der Waals surface area contributed by atoms with Crippen LogP contribution in [0, 0.1) is 0 Å². The monoisotopic (exact) mass is 263 g/mol. The lowest BCUT2D eigenvalue weighted by atomic mass is 10.1. The van der Waals surface area contributed by atoms with Gasteiger partial charge in [-0.25, -0.2) is 0 Å². The van der Waals surface area contributed by atoms with Gasteiger partial charge in [-0.2, -0.15) is 0 Å². The first-order valence-electron chi connectivity index (χ1n) is 6.59. The zero-order chi connectivity index (χ0) is 13.4. The Labute approximate surface area is 116 Å². The Bertz CT molecular complexity index is 366. The standard InChI is InChI=1S/C16H25NS/c1-5-6-7-11-18-15-10-8-9-14(12-15)13-17-16(2,3)4/h5,8-10,12,17H,1,6-7,11,13H2,2-4H3. The second-order valence-electron chi connectivity index (χ2n) is 5.53. The molecule has 100 valence electrons. The average Bonchev–Trinajstić information content (AvgIpc) is 2.32. The van der Waals surface area contributed by atoms with E-state index in [9.17, 15) is 0 Å². The van der Waals surface area contributed by atoms with E-state index in [-0.39, 0.29) is 5.54 Å². The topological polar surface area (TPSA) is 12.0 Å². The van der Waals surface area contributed by atoms with Crippen molar-refractivity contribution >= 4 is 11.8 Å². The number of benzene rings is 1. The molecule has 0 amide bonds. The number of allylic oxidation sites excluding steroid dienone is 1. The molecule has 2 heteroatoms. The smallest absolute Gasteiger partial charge is 0.0210 e. The van der Waals surface area contributed by atoms with Crippen LogP contribution in [0.2, 0.25) is 0 Å². The van der Waals surface area contributed by atoms with Crippen molar-refractivity contribution < 1.29 is 0 Å². The fraction of sp³-hybridized carbons (Fsp3) is 0.500. The molecule has 0 atom stereocenters. The van der Waals surface area contributed by atoms with Gasteiger partial charge >= 0.3 is 0 Å². The van der Waals surface area contributed by atoms with E-state index >= 15 is 0 Å². The fourth-order valence-electron chi connectivity index (χ4n) is 1.53. The summed E-state index contributed by atoms with van der Waals surface area (Å²) in [5.41, 5.74) is 1.53. The molecular weight excluding hydrogens is 238 g/mol. The van der Waals surface area contributed by atoms with Crippen LogP contribution in [0.3, 0.4) is 0 Å². The van der Waals surface area contributed by atoms with Gasteiger partial charge in [0.05, 0.1) is 0 Å². The Hall–Kier alpha value is -0.730. The van der Waals surface area contributed by atoms with Crippen LogP contribution in [0.4, 0.5) is 0 Å². The first kappa shape index (κ1) is 15.3. The van der Waals surface area contributed by atoms with E-state index in [1.807, 2.05) is 17.8 Å². The second kappa shape index (κ2) is 7.65. The van der Waals surface area contributed by atoms with Gasteiger partial charge in [0, 0.05) is 17.0 Å². The summed E-state index contributed by atoms with van der Waals surface area (Å²) in [5.74, 6) is 1.17. The van der Waals surface area contributed by atoms with Crippen LogP contribution in [0.5, 0.6) is 0 Å². The highest BCUT2D eigenvalue weighted by atomic mass is 32.2. The second-order valence-corrected chi connectivity index (χ2v) is 6.70. The van der Waals surface area contributed by atoms with Crippen molar-refractivity contribution in [3.8, 4) is 0 Å². The molecule has 0 unspecified atom stereocenters. The van der Waals surface area contributed by atoms with E-state index in [2.05, 4.69) is 56.9 Å². The van der Waals surface area contributed by atoms with Gasteiger partial charge in [-0.3, -0.25) is 0 Å². The van der Waals surface area contributed by atoms with Gasteiger partial charge in [-0.15, -0.1) is 18.3 Å². The summed E-state index contributed by atoms with van der Waals surface area (Å²) in [6.07, 6.45) is 4.31. The molecule has 0 aliphatic rings. The van der Waals surface area contributed by atoms with Crippen LogP contribution in [0.15, 0.2) is 41.8 Å². The van der Waals surface area contributed by atoms with Crippen LogP contribution in [-0.2, 0) is 6.54 Å². The molecule has 18 heavy (non-hydrogen) atoms. The van der Waals surface area contributed by atoms with Crippen molar-refractivity contribution in [1.82, 2.24) is 5.32 Å². The van der Waals surface area contributed by atoms with Crippen LogP contribution >= 0.6 is 11.8 Å². The van der Waals surface area contributed by atoms with Gasteiger partial charge in [-0.1, -0.05) is 18.2 Å². The van der Waals surface area contributed by atoms with Crippen LogP contribution in [-0.4, -0.2) is 11.3 Å². The molecular formula is C16H25NS. The lowest BCUT2D eigenvalue weighted by Crippen LogP contribution is -2.35. The molecule has 0 aliphatic heterocycles. The molecule has 0 saturated heterocycles. The normalized spacial score (nSPS) is 11.5. The van der Waals surface area contributed by atoms with Crippen molar-refractivity contribution in [2.45, 2.75) is 50.6 Å². The summed E-state index contributed by atoms with van der Waals surface area (Å²) < 4.78 is 0. The van der Waals surface area contributed by atoms with Gasteiger partial charge < -0.3 is 5.32 Å². The maximum absolute atomic E-state index is 3.75. The highest BCUT2D eigenvalue weighted by Crippen LogP contribution is 2.20. The predicted molar refractivity (Wildman–Crippen MR) is 83.2 cm³/mol. The first-order chi connectivity index (χ1) is 8.51. The molecule has 0 heterocycles. The van der Waals surface area contributed by atoms with Gasteiger partial charge in [0.1, 0.15) is 0 Å². The van der Waals surface area contributed by atoms with Gasteiger partial charge in [0.25, 0.3) is 0 Å². The molecule has 0 spiro atoms. The zero-order valence-electron chi connectivity index (χ0n) is 11.8. The Morgan fingerprint density at radius 1 is 1.33 bits per heavy atom. The Kier molecular flexibility index (Phi) is 6.51. The van der Waals surface area contributed by atoms with Gasteiger partial charge in [0.15, 0.2) is 0 Å². The van der Waals surface area contributed by atoms with Crippen molar-refractivity contribution in [2.24, 2.45) is 0 Å². The minimum absolute atomic E-state index is 0.174. The van der Waals surface area contributed by atoms with Crippen molar-refractivity contribution in [3.63, 3.8) is 0 Å². The molecule has 1 nitrogen and oxygen atoms in total. The number of hydrogen-bond acceptors (Lipinski definition) is 2. The van der Waals surface area contributed by atoms with E-state index in [1.165, 1.54) is 22.6 Å².